The van der Waals surface area contributed by atoms with Crippen molar-refractivity contribution >= 4 is 37.5 Å². The molecule has 0 saturated carbocycles. The van der Waals surface area contributed by atoms with Crippen LogP contribution in [0.25, 0.3) is 0 Å². The predicted molar refractivity (Wildman–Crippen MR) is 81.6 cm³/mol. The summed E-state index contributed by atoms with van der Waals surface area (Å²) >= 11 is 3.03. The van der Waals surface area contributed by atoms with Crippen molar-refractivity contribution in [3.63, 3.8) is 0 Å². The maximum atomic E-state index is 13.9. The largest absolute Gasteiger partial charge is 0.398 e. The summed E-state index contributed by atoms with van der Waals surface area (Å²) < 4.78 is 40.0. The van der Waals surface area contributed by atoms with Gasteiger partial charge >= 0.3 is 0 Å². The van der Waals surface area contributed by atoms with Gasteiger partial charge in [-0.25, -0.2) is 12.8 Å². The Morgan fingerprint density at radius 1 is 1.38 bits per heavy atom. The summed E-state index contributed by atoms with van der Waals surface area (Å²) in [6, 6.07) is 2.03. The minimum Gasteiger partial charge on any atom is -0.398 e. The summed E-state index contributed by atoms with van der Waals surface area (Å²) in [6.45, 7) is 1.25. The van der Waals surface area contributed by atoms with E-state index in [4.69, 9.17) is 5.73 Å². The van der Waals surface area contributed by atoms with Crippen LogP contribution in [0, 0.1) is 5.82 Å². The average molecular weight is 382 g/mol. The fourth-order valence-electron chi connectivity index (χ4n) is 1.54. The number of nitrogens with two attached hydrogens (primary N) is 1. The molecule has 0 aromatic heterocycles. The fraction of sp³-hybridized carbons (Fsp3) is 0.417. The first-order chi connectivity index (χ1) is 9.61. The molecule has 1 aromatic rings. The molecule has 0 heterocycles. The highest BCUT2D eigenvalue weighted by molar-refractivity contribution is 9.10. The van der Waals surface area contributed by atoms with E-state index in [0.717, 1.165) is 16.4 Å². The number of hydrogen-bond acceptors (Lipinski definition) is 4. The lowest BCUT2D eigenvalue weighted by molar-refractivity contribution is -0.128. The Bertz CT molecular complexity index is 649. The molecule has 1 rings (SSSR count). The van der Waals surface area contributed by atoms with Gasteiger partial charge in [0.05, 0.1) is 6.54 Å². The molecule has 21 heavy (non-hydrogen) atoms. The van der Waals surface area contributed by atoms with Gasteiger partial charge in [-0.3, -0.25) is 4.79 Å². The summed E-state index contributed by atoms with van der Waals surface area (Å²) in [5.41, 5.74) is 5.71. The Morgan fingerprint density at radius 2 is 1.95 bits per heavy atom. The van der Waals surface area contributed by atoms with Crippen LogP contribution in [0.4, 0.5) is 10.1 Å². The van der Waals surface area contributed by atoms with Crippen molar-refractivity contribution in [2.75, 3.05) is 32.9 Å². The second-order valence-corrected chi connectivity index (χ2v) is 7.28. The number of likely N-dealkylation sites (N-methyl/N-ethyl adjacent to an activating group) is 2. The van der Waals surface area contributed by atoms with Crippen LogP contribution in [-0.2, 0) is 14.8 Å². The predicted octanol–water partition coefficient (Wildman–Crippen LogP) is 1.27. The topological polar surface area (TPSA) is 83.7 Å². The zero-order chi connectivity index (χ0) is 16.4. The molecule has 0 aliphatic heterocycles. The lowest BCUT2D eigenvalue weighted by Crippen LogP contribution is -2.40. The minimum absolute atomic E-state index is 0.0390. The first kappa shape index (κ1) is 17.9. The number of nitrogens with zero attached hydrogens (tertiary/aromatic N) is 2. The van der Waals surface area contributed by atoms with Crippen molar-refractivity contribution in [3.8, 4) is 0 Å². The van der Waals surface area contributed by atoms with E-state index in [-0.39, 0.29) is 23.2 Å². The Kier molecular flexibility index (Phi) is 5.71. The summed E-state index contributed by atoms with van der Waals surface area (Å²) in [5.74, 6) is -1.32. The maximum Gasteiger partial charge on any atom is 0.246 e. The number of benzene rings is 1. The van der Waals surface area contributed by atoms with Gasteiger partial charge in [-0.15, -0.1) is 0 Å². The van der Waals surface area contributed by atoms with Crippen molar-refractivity contribution in [2.45, 2.75) is 11.8 Å². The van der Waals surface area contributed by atoms with Crippen LogP contribution in [0.5, 0.6) is 0 Å². The Labute approximate surface area is 131 Å². The molecule has 1 aromatic carbocycles. The first-order valence-corrected chi connectivity index (χ1v) is 8.29. The van der Waals surface area contributed by atoms with Crippen LogP contribution >= 0.6 is 15.9 Å². The molecule has 6 nitrogen and oxygen atoms in total. The van der Waals surface area contributed by atoms with E-state index in [1.54, 1.807) is 6.92 Å². The number of sulfonamides is 1. The molecular formula is C12H17BrFN3O3S. The number of carbonyl (C=O) groups excluding carboxylic acids is 1. The van der Waals surface area contributed by atoms with Gasteiger partial charge in [0.2, 0.25) is 15.9 Å². The summed E-state index contributed by atoms with van der Waals surface area (Å²) in [4.78, 5) is 12.4. The van der Waals surface area contributed by atoms with E-state index >= 15 is 0 Å². The second-order valence-electron chi connectivity index (χ2n) is 4.52. The fourth-order valence-corrected chi connectivity index (χ4v) is 3.34. The molecule has 0 aliphatic carbocycles. The number of nitrogen functional groups attached to an aromatic ring is 1. The zero-order valence-corrected chi connectivity index (χ0v) is 14.3. The zero-order valence-electron chi connectivity index (χ0n) is 11.9. The van der Waals surface area contributed by atoms with Crippen LogP contribution in [0.3, 0.4) is 0 Å². The molecule has 0 unspecified atom stereocenters. The van der Waals surface area contributed by atoms with Gasteiger partial charge in [-0.05, 0) is 28.1 Å². The lowest BCUT2D eigenvalue weighted by Gasteiger charge is -2.22. The molecule has 118 valence electrons. The number of hydrogen-bond donors (Lipinski definition) is 1. The van der Waals surface area contributed by atoms with E-state index in [9.17, 15) is 17.6 Å². The molecule has 1 amide bonds. The quantitative estimate of drug-likeness (QED) is 0.778. The summed E-state index contributed by atoms with van der Waals surface area (Å²) in [5, 5.41) is 0. The lowest BCUT2D eigenvalue weighted by atomic mass is 10.3. The Morgan fingerprint density at radius 3 is 2.43 bits per heavy atom. The van der Waals surface area contributed by atoms with E-state index < -0.39 is 26.6 Å². The van der Waals surface area contributed by atoms with Crippen molar-refractivity contribution in [1.29, 1.82) is 0 Å². The second kappa shape index (κ2) is 6.71. The van der Waals surface area contributed by atoms with Gasteiger partial charge in [0, 0.05) is 30.8 Å². The van der Waals surface area contributed by atoms with Gasteiger partial charge in [0.25, 0.3) is 0 Å². The molecular weight excluding hydrogens is 365 g/mol. The van der Waals surface area contributed by atoms with Gasteiger partial charge < -0.3 is 10.6 Å². The SMILES string of the molecule is CCN(CC(=O)N(C)C)S(=O)(=O)c1cc(N)c(Br)cc1F. The molecule has 0 atom stereocenters. The summed E-state index contributed by atoms with van der Waals surface area (Å²) in [7, 11) is -1.11. The monoisotopic (exact) mass is 381 g/mol. The number of carbonyl (C=O) groups is 1. The first-order valence-electron chi connectivity index (χ1n) is 6.06. The highest BCUT2D eigenvalue weighted by Crippen LogP contribution is 2.28. The summed E-state index contributed by atoms with van der Waals surface area (Å²) in [6.07, 6.45) is 0. The van der Waals surface area contributed by atoms with E-state index in [0.29, 0.717) is 0 Å². The van der Waals surface area contributed by atoms with E-state index in [2.05, 4.69) is 15.9 Å². The van der Waals surface area contributed by atoms with Crippen LogP contribution in [0.1, 0.15) is 6.92 Å². The third-order valence-electron chi connectivity index (χ3n) is 2.83. The highest BCUT2D eigenvalue weighted by Gasteiger charge is 2.29. The van der Waals surface area contributed by atoms with Crippen molar-refractivity contribution in [3.05, 3.63) is 22.4 Å². The Balaban J connectivity index is 3.25. The third-order valence-corrected chi connectivity index (χ3v) is 5.45. The van der Waals surface area contributed by atoms with Crippen LogP contribution in [0.2, 0.25) is 0 Å². The molecule has 0 radical (unpaired) electrons. The molecule has 0 spiro atoms. The van der Waals surface area contributed by atoms with Crippen molar-refractivity contribution in [1.82, 2.24) is 9.21 Å². The van der Waals surface area contributed by atoms with Crippen molar-refractivity contribution < 1.29 is 17.6 Å². The van der Waals surface area contributed by atoms with Crippen LogP contribution in [-0.4, -0.2) is 50.7 Å². The molecule has 2 N–H and O–H groups in total. The molecule has 0 aliphatic rings. The average Bonchev–Trinajstić information content (AvgIpc) is 2.39. The number of rotatable bonds is 5. The number of amides is 1. The molecule has 9 heteroatoms. The Hall–Kier alpha value is -1.19. The third kappa shape index (κ3) is 3.92. The van der Waals surface area contributed by atoms with Crippen LogP contribution in [0.15, 0.2) is 21.5 Å². The standard InChI is InChI=1S/C12H17BrFN3O3S/c1-4-17(7-12(18)16(2)3)21(19,20)11-6-10(15)8(13)5-9(11)14/h5-6H,4,7,15H2,1-3H3. The van der Waals surface area contributed by atoms with E-state index in [1.807, 2.05) is 0 Å². The van der Waals surface area contributed by atoms with Gasteiger partial charge in [0.15, 0.2) is 0 Å². The molecule has 0 saturated heterocycles. The smallest absolute Gasteiger partial charge is 0.246 e. The van der Waals surface area contributed by atoms with Crippen LogP contribution < -0.4 is 5.73 Å². The normalized spacial score (nSPS) is 11.7. The highest BCUT2D eigenvalue weighted by atomic mass is 79.9. The van der Waals surface area contributed by atoms with Crippen molar-refractivity contribution in [2.24, 2.45) is 0 Å². The van der Waals surface area contributed by atoms with Gasteiger partial charge in [-0.2, -0.15) is 4.31 Å². The maximum absolute atomic E-state index is 13.9. The van der Waals surface area contributed by atoms with Gasteiger partial charge in [0.1, 0.15) is 10.7 Å². The van der Waals surface area contributed by atoms with Gasteiger partial charge in [-0.1, -0.05) is 6.92 Å². The number of anilines is 1. The minimum atomic E-state index is -4.14. The molecule has 0 bridgehead atoms. The van der Waals surface area contributed by atoms with E-state index in [1.165, 1.54) is 19.0 Å². The number of halogens is 2. The molecule has 0 fully saturated rings.